The Labute approximate surface area is 161 Å². The molecule has 0 aliphatic heterocycles. The number of nitrogens with one attached hydrogen (secondary N) is 1. The van der Waals surface area contributed by atoms with Crippen molar-refractivity contribution in [2.75, 3.05) is 5.75 Å². The maximum absolute atomic E-state index is 10.7. The Balaban J connectivity index is 1.89. The summed E-state index contributed by atoms with van der Waals surface area (Å²) < 4.78 is 6.06. The first-order valence-electron chi connectivity index (χ1n) is 8.28. The van der Waals surface area contributed by atoms with Crippen molar-refractivity contribution in [2.24, 2.45) is 0 Å². The molecule has 0 aliphatic carbocycles. The summed E-state index contributed by atoms with van der Waals surface area (Å²) in [6, 6.07) is 9.56. The summed E-state index contributed by atoms with van der Waals surface area (Å²) in [5.41, 5.74) is 3.18. The highest BCUT2D eigenvalue weighted by Crippen LogP contribution is 2.38. The van der Waals surface area contributed by atoms with Gasteiger partial charge < -0.3 is 14.8 Å². The molecule has 0 bridgehead atoms. The van der Waals surface area contributed by atoms with Gasteiger partial charge in [0.15, 0.2) is 0 Å². The molecule has 3 rings (SSSR count). The van der Waals surface area contributed by atoms with Gasteiger partial charge in [-0.15, -0.1) is 11.8 Å². The first-order chi connectivity index (χ1) is 12.3. The highest BCUT2D eigenvalue weighted by Gasteiger charge is 2.13. The van der Waals surface area contributed by atoms with Crippen molar-refractivity contribution in [3.63, 3.8) is 0 Å². The van der Waals surface area contributed by atoms with Crippen LogP contribution in [0.25, 0.3) is 10.9 Å². The summed E-state index contributed by atoms with van der Waals surface area (Å²) in [7, 11) is 0. The predicted molar refractivity (Wildman–Crippen MR) is 107 cm³/mol. The Hall–Kier alpha value is -2.11. The van der Waals surface area contributed by atoms with Gasteiger partial charge in [-0.3, -0.25) is 4.79 Å². The van der Waals surface area contributed by atoms with Crippen LogP contribution in [0, 0.1) is 6.92 Å². The van der Waals surface area contributed by atoms with E-state index in [1.165, 1.54) is 17.3 Å². The molecule has 26 heavy (non-hydrogen) atoms. The highest BCUT2D eigenvalue weighted by atomic mass is 35.5. The van der Waals surface area contributed by atoms with Crippen LogP contribution in [0.2, 0.25) is 5.02 Å². The normalized spacial score (nSPS) is 11.3. The molecule has 1 aromatic heterocycles. The predicted octanol–water partition coefficient (Wildman–Crippen LogP) is 6.22. The molecule has 136 valence electrons. The standard InChI is InChI=1S/C20H20ClNO3S/c1-11(2)16-9-22-18-5-4-13(7-15(16)18)25-20-12(3)6-14(8-17(20)21)26-10-19(23)24/h4-9,11,22H,10H2,1-3H3,(H,23,24). The van der Waals surface area contributed by atoms with Crippen molar-refractivity contribution in [1.82, 2.24) is 4.98 Å². The van der Waals surface area contributed by atoms with Crippen molar-refractivity contribution in [3.8, 4) is 11.5 Å². The zero-order chi connectivity index (χ0) is 18.8. The third-order valence-corrected chi connectivity index (χ3v) is 5.33. The van der Waals surface area contributed by atoms with Crippen molar-refractivity contribution in [2.45, 2.75) is 31.6 Å². The number of hydrogen-bond acceptors (Lipinski definition) is 3. The van der Waals surface area contributed by atoms with E-state index >= 15 is 0 Å². The number of carboxylic acids is 1. The van der Waals surface area contributed by atoms with Crippen LogP contribution in [0.1, 0.15) is 30.9 Å². The Morgan fingerprint density at radius 2 is 2.08 bits per heavy atom. The van der Waals surface area contributed by atoms with E-state index in [4.69, 9.17) is 21.4 Å². The van der Waals surface area contributed by atoms with Gasteiger partial charge in [0.2, 0.25) is 0 Å². The number of halogens is 1. The second kappa shape index (κ2) is 7.64. The minimum atomic E-state index is -0.857. The van der Waals surface area contributed by atoms with E-state index in [0.717, 1.165) is 27.1 Å². The van der Waals surface area contributed by atoms with Gasteiger partial charge in [0, 0.05) is 22.0 Å². The SMILES string of the molecule is Cc1cc(SCC(=O)O)cc(Cl)c1Oc1ccc2[nH]cc(C(C)C)c2c1. The van der Waals surface area contributed by atoms with Crippen LogP contribution in [0.15, 0.2) is 41.4 Å². The van der Waals surface area contributed by atoms with Crippen molar-refractivity contribution in [1.29, 1.82) is 0 Å². The molecule has 0 amide bonds. The van der Waals surface area contributed by atoms with Crippen LogP contribution >= 0.6 is 23.4 Å². The molecular weight excluding hydrogens is 370 g/mol. The van der Waals surface area contributed by atoms with E-state index in [1.807, 2.05) is 37.4 Å². The molecule has 0 spiro atoms. The van der Waals surface area contributed by atoms with Crippen LogP contribution in [0.3, 0.4) is 0 Å². The fourth-order valence-corrected chi connectivity index (χ4v) is 3.96. The monoisotopic (exact) mass is 389 g/mol. The number of aromatic nitrogens is 1. The Morgan fingerprint density at radius 3 is 2.73 bits per heavy atom. The van der Waals surface area contributed by atoms with Gasteiger partial charge in [-0.25, -0.2) is 0 Å². The number of aryl methyl sites for hydroxylation is 1. The molecule has 0 atom stereocenters. The average molecular weight is 390 g/mol. The van der Waals surface area contributed by atoms with Gasteiger partial charge in [-0.1, -0.05) is 25.4 Å². The molecule has 2 N–H and O–H groups in total. The van der Waals surface area contributed by atoms with Crippen LogP contribution in [0.5, 0.6) is 11.5 Å². The van der Waals surface area contributed by atoms with Crippen LogP contribution < -0.4 is 4.74 Å². The number of aliphatic carboxylic acids is 1. The minimum Gasteiger partial charge on any atom is -0.481 e. The molecule has 6 heteroatoms. The number of hydrogen-bond donors (Lipinski definition) is 2. The number of ether oxygens (including phenoxy) is 1. The number of H-pyrrole nitrogens is 1. The Morgan fingerprint density at radius 1 is 1.31 bits per heavy atom. The smallest absolute Gasteiger partial charge is 0.313 e. The zero-order valence-electron chi connectivity index (χ0n) is 14.8. The largest absolute Gasteiger partial charge is 0.481 e. The van der Waals surface area contributed by atoms with E-state index in [2.05, 4.69) is 18.8 Å². The van der Waals surface area contributed by atoms with Gasteiger partial charge in [-0.2, -0.15) is 0 Å². The molecule has 0 saturated heterocycles. The number of thioether (sulfide) groups is 1. The summed E-state index contributed by atoms with van der Waals surface area (Å²) in [5, 5.41) is 10.4. The molecule has 0 unspecified atom stereocenters. The van der Waals surface area contributed by atoms with E-state index in [9.17, 15) is 4.79 Å². The summed E-state index contributed by atoms with van der Waals surface area (Å²) in [5.74, 6) is 0.861. The van der Waals surface area contributed by atoms with Gasteiger partial charge in [0.1, 0.15) is 11.5 Å². The quantitative estimate of drug-likeness (QED) is 0.491. The molecule has 4 nitrogen and oxygen atoms in total. The number of carboxylic acid groups (broad SMARTS) is 1. The lowest BCUT2D eigenvalue weighted by Gasteiger charge is -2.13. The van der Waals surface area contributed by atoms with Crippen LogP contribution in [-0.4, -0.2) is 21.8 Å². The van der Waals surface area contributed by atoms with E-state index in [0.29, 0.717) is 16.7 Å². The van der Waals surface area contributed by atoms with Crippen molar-refractivity contribution >= 4 is 40.2 Å². The summed E-state index contributed by atoms with van der Waals surface area (Å²) >= 11 is 7.62. The van der Waals surface area contributed by atoms with Crippen LogP contribution in [-0.2, 0) is 4.79 Å². The average Bonchev–Trinajstić information content (AvgIpc) is 2.99. The second-order valence-corrected chi connectivity index (χ2v) is 7.90. The molecule has 0 saturated carbocycles. The summed E-state index contributed by atoms with van der Waals surface area (Å²) in [4.78, 5) is 14.8. The maximum atomic E-state index is 10.7. The van der Waals surface area contributed by atoms with Gasteiger partial charge >= 0.3 is 5.97 Å². The minimum absolute atomic E-state index is 0.00188. The summed E-state index contributed by atoms with van der Waals surface area (Å²) in [6.45, 7) is 6.22. The van der Waals surface area contributed by atoms with Gasteiger partial charge in [0.25, 0.3) is 0 Å². The lowest BCUT2D eigenvalue weighted by molar-refractivity contribution is -0.133. The fraction of sp³-hybridized carbons (Fsp3) is 0.250. The molecule has 1 heterocycles. The van der Waals surface area contributed by atoms with Crippen molar-refractivity contribution < 1.29 is 14.6 Å². The highest BCUT2D eigenvalue weighted by molar-refractivity contribution is 8.00. The topological polar surface area (TPSA) is 62.3 Å². The first kappa shape index (κ1) is 18.7. The van der Waals surface area contributed by atoms with Gasteiger partial charge in [-0.05, 0) is 54.3 Å². The molecule has 2 aromatic carbocycles. The van der Waals surface area contributed by atoms with Crippen LogP contribution in [0.4, 0.5) is 0 Å². The van der Waals surface area contributed by atoms with Crippen molar-refractivity contribution in [3.05, 3.63) is 52.7 Å². The third-order valence-electron chi connectivity index (χ3n) is 4.09. The zero-order valence-corrected chi connectivity index (χ0v) is 16.4. The summed E-state index contributed by atoms with van der Waals surface area (Å²) in [6.07, 6.45) is 2.03. The second-order valence-electron chi connectivity index (χ2n) is 6.44. The third kappa shape index (κ3) is 4.00. The Bertz CT molecular complexity index is 942. The molecule has 0 radical (unpaired) electrons. The number of fused-ring (bicyclic) bond motifs is 1. The van der Waals surface area contributed by atoms with E-state index in [-0.39, 0.29) is 5.75 Å². The Kier molecular flexibility index (Phi) is 5.49. The van der Waals surface area contributed by atoms with E-state index in [1.54, 1.807) is 6.07 Å². The first-order valence-corrected chi connectivity index (χ1v) is 9.65. The number of aromatic amines is 1. The lowest BCUT2D eigenvalue weighted by Crippen LogP contribution is -1.97. The molecular formula is C20H20ClNO3S. The number of carbonyl (C=O) groups is 1. The number of rotatable bonds is 6. The van der Waals surface area contributed by atoms with E-state index < -0.39 is 5.97 Å². The molecule has 0 aliphatic rings. The maximum Gasteiger partial charge on any atom is 0.313 e. The lowest BCUT2D eigenvalue weighted by atomic mass is 10.0. The molecule has 0 fully saturated rings. The number of benzene rings is 2. The molecule has 3 aromatic rings. The fourth-order valence-electron chi connectivity index (χ4n) is 2.84. The van der Waals surface area contributed by atoms with Gasteiger partial charge in [0.05, 0.1) is 10.8 Å².